The van der Waals surface area contributed by atoms with E-state index in [9.17, 15) is 0 Å². The summed E-state index contributed by atoms with van der Waals surface area (Å²) < 4.78 is 0. The average Bonchev–Trinajstić information content (AvgIpc) is 2.34. The van der Waals surface area contributed by atoms with Crippen LogP contribution in [0.2, 0.25) is 0 Å². The number of rotatable bonds is 0. The molecule has 11 heavy (non-hydrogen) atoms. The fraction of sp³-hybridized carbons (Fsp3) is 0.818. The highest BCUT2D eigenvalue weighted by Gasteiger charge is 2.59. The number of allylic oxidation sites excluding steroid dienone is 2. The largest absolute Gasteiger partial charge is 0.0824 e. The zero-order valence-corrected chi connectivity index (χ0v) is 8.02. The van der Waals surface area contributed by atoms with E-state index in [1.807, 2.05) is 0 Å². The van der Waals surface area contributed by atoms with E-state index >= 15 is 0 Å². The van der Waals surface area contributed by atoms with Crippen LogP contribution in [0.5, 0.6) is 0 Å². The number of hydrogen-bond acceptors (Lipinski definition) is 0. The van der Waals surface area contributed by atoms with Crippen molar-refractivity contribution in [1.29, 1.82) is 0 Å². The minimum Gasteiger partial charge on any atom is -0.0824 e. The lowest BCUT2D eigenvalue weighted by Gasteiger charge is -2.13. The molecule has 2 aliphatic rings. The van der Waals surface area contributed by atoms with Gasteiger partial charge >= 0.3 is 0 Å². The van der Waals surface area contributed by atoms with Crippen molar-refractivity contribution >= 4 is 0 Å². The van der Waals surface area contributed by atoms with E-state index in [4.69, 9.17) is 0 Å². The second kappa shape index (κ2) is 1.91. The molecule has 0 amide bonds. The van der Waals surface area contributed by atoms with E-state index in [1.54, 1.807) is 5.57 Å². The highest BCUT2D eigenvalue weighted by atomic mass is 14.6. The Morgan fingerprint density at radius 2 is 2.09 bits per heavy atom. The molecule has 62 valence electrons. The molecule has 0 heterocycles. The van der Waals surface area contributed by atoms with E-state index in [-0.39, 0.29) is 0 Å². The molecule has 0 bridgehead atoms. The monoisotopic (exact) mass is 150 g/mol. The Kier molecular flexibility index (Phi) is 1.28. The SMILES string of the molecule is CC1=CC(C)CC2C1C2(C)C. The number of fused-ring (bicyclic) bond motifs is 1. The van der Waals surface area contributed by atoms with Crippen molar-refractivity contribution in [2.45, 2.75) is 34.1 Å². The molecule has 0 N–H and O–H groups in total. The van der Waals surface area contributed by atoms with Crippen molar-refractivity contribution in [2.24, 2.45) is 23.2 Å². The van der Waals surface area contributed by atoms with Crippen LogP contribution in [0.3, 0.4) is 0 Å². The second-order valence-corrected chi connectivity index (χ2v) is 5.03. The summed E-state index contributed by atoms with van der Waals surface area (Å²) in [6.45, 7) is 9.48. The number of hydrogen-bond donors (Lipinski definition) is 0. The minimum atomic E-state index is 0.630. The maximum absolute atomic E-state index is 2.47. The molecule has 0 heteroatoms. The van der Waals surface area contributed by atoms with Crippen molar-refractivity contribution in [2.75, 3.05) is 0 Å². The zero-order valence-electron chi connectivity index (χ0n) is 8.02. The van der Waals surface area contributed by atoms with Crippen molar-refractivity contribution in [1.82, 2.24) is 0 Å². The van der Waals surface area contributed by atoms with Gasteiger partial charge < -0.3 is 0 Å². The molecule has 0 aromatic rings. The molecule has 0 spiro atoms. The molecule has 3 unspecified atom stereocenters. The van der Waals surface area contributed by atoms with Gasteiger partial charge in [-0.05, 0) is 36.5 Å². The summed E-state index contributed by atoms with van der Waals surface area (Å²) in [6, 6.07) is 0. The van der Waals surface area contributed by atoms with Crippen LogP contribution in [0.25, 0.3) is 0 Å². The van der Waals surface area contributed by atoms with Gasteiger partial charge in [0.15, 0.2) is 0 Å². The third-order valence-electron chi connectivity index (χ3n) is 3.71. The Balaban J connectivity index is 2.24. The maximum atomic E-state index is 2.47. The molecule has 0 saturated heterocycles. The van der Waals surface area contributed by atoms with Gasteiger partial charge in [0.2, 0.25) is 0 Å². The predicted octanol–water partition coefficient (Wildman–Crippen LogP) is 3.24. The topological polar surface area (TPSA) is 0 Å². The summed E-state index contributed by atoms with van der Waals surface area (Å²) in [4.78, 5) is 0. The first-order valence-electron chi connectivity index (χ1n) is 4.72. The minimum absolute atomic E-state index is 0.630. The zero-order chi connectivity index (χ0) is 8.22. The summed E-state index contributed by atoms with van der Waals surface area (Å²) >= 11 is 0. The summed E-state index contributed by atoms with van der Waals surface area (Å²) in [5, 5.41) is 0. The summed E-state index contributed by atoms with van der Waals surface area (Å²) in [5.41, 5.74) is 2.28. The standard InChI is InChI=1S/C11H18/c1-7-5-8(2)10-9(6-7)11(10,3)4/h5,7,9-10H,6H2,1-4H3. The fourth-order valence-corrected chi connectivity index (χ4v) is 3.11. The van der Waals surface area contributed by atoms with E-state index in [1.165, 1.54) is 6.42 Å². The van der Waals surface area contributed by atoms with Crippen molar-refractivity contribution < 1.29 is 0 Å². The molecule has 0 radical (unpaired) electrons. The van der Waals surface area contributed by atoms with E-state index in [0.29, 0.717) is 5.41 Å². The molecule has 0 aromatic carbocycles. The third-order valence-corrected chi connectivity index (χ3v) is 3.71. The van der Waals surface area contributed by atoms with Gasteiger partial charge in [-0.15, -0.1) is 0 Å². The predicted molar refractivity (Wildman–Crippen MR) is 48.3 cm³/mol. The summed E-state index contributed by atoms with van der Waals surface area (Å²) in [5.74, 6) is 2.76. The highest BCUT2D eigenvalue weighted by molar-refractivity contribution is 5.26. The van der Waals surface area contributed by atoms with E-state index < -0.39 is 0 Å². The molecule has 1 saturated carbocycles. The average molecular weight is 150 g/mol. The lowest BCUT2D eigenvalue weighted by molar-refractivity contribution is 0.485. The lowest BCUT2D eigenvalue weighted by Crippen LogP contribution is -2.01. The Bertz CT molecular complexity index is 210. The first-order chi connectivity index (χ1) is 5.03. The maximum Gasteiger partial charge on any atom is -0.0118 e. The Morgan fingerprint density at radius 3 is 2.64 bits per heavy atom. The molecule has 1 fully saturated rings. The Morgan fingerprint density at radius 1 is 1.45 bits per heavy atom. The molecule has 3 atom stereocenters. The highest BCUT2D eigenvalue weighted by Crippen LogP contribution is 2.65. The van der Waals surface area contributed by atoms with Gasteiger partial charge in [0.1, 0.15) is 0 Å². The van der Waals surface area contributed by atoms with Crippen LogP contribution in [0, 0.1) is 23.2 Å². The molecule has 2 rings (SSSR count). The molecular formula is C11H18. The molecule has 0 aliphatic heterocycles. The Hall–Kier alpha value is -0.260. The van der Waals surface area contributed by atoms with Crippen LogP contribution in [0.15, 0.2) is 11.6 Å². The third kappa shape index (κ3) is 0.881. The van der Waals surface area contributed by atoms with Gasteiger partial charge in [-0.3, -0.25) is 0 Å². The summed E-state index contributed by atoms with van der Waals surface area (Å²) in [6.07, 6.45) is 3.89. The first-order valence-corrected chi connectivity index (χ1v) is 4.72. The van der Waals surface area contributed by atoms with Crippen LogP contribution in [-0.4, -0.2) is 0 Å². The van der Waals surface area contributed by atoms with Gasteiger partial charge in [-0.25, -0.2) is 0 Å². The van der Waals surface area contributed by atoms with E-state index in [0.717, 1.165) is 17.8 Å². The van der Waals surface area contributed by atoms with Gasteiger partial charge in [0.05, 0.1) is 0 Å². The summed E-state index contributed by atoms with van der Waals surface area (Å²) in [7, 11) is 0. The normalized spacial score (nSPS) is 46.2. The molecule has 0 aromatic heterocycles. The second-order valence-electron chi connectivity index (χ2n) is 5.03. The smallest absolute Gasteiger partial charge is 0.0118 e. The Labute approximate surface area is 69.7 Å². The fourth-order valence-electron chi connectivity index (χ4n) is 3.11. The first kappa shape index (κ1) is 7.39. The van der Waals surface area contributed by atoms with Gasteiger partial charge in [-0.2, -0.15) is 0 Å². The van der Waals surface area contributed by atoms with Crippen LogP contribution in [0.1, 0.15) is 34.1 Å². The molecular weight excluding hydrogens is 132 g/mol. The lowest BCUT2D eigenvalue weighted by atomic mass is 9.93. The quantitative estimate of drug-likeness (QED) is 0.465. The van der Waals surface area contributed by atoms with Crippen molar-refractivity contribution in [3.05, 3.63) is 11.6 Å². The van der Waals surface area contributed by atoms with E-state index in [2.05, 4.69) is 33.8 Å². The van der Waals surface area contributed by atoms with Crippen LogP contribution >= 0.6 is 0 Å². The van der Waals surface area contributed by atoms with Gasteiger partial charge in [0.25, 0.3) is 0 Å². The van der Waals surface area contributed by atoms with Crippen LogP contribution in [-0.2, 0) is 0 Å². The molecule has 2 aliphatic carbocycles. The van der Waals surface area contributed by atoms with Crippen LogP contribution < -0.4 is 0 Å². The van der Waals surface area contributed by atoms with Gasteiger partial charge in [-0.1, -0.05) is 32.4 Å². The van der Waals surface area contributed by atoms with Crippen LogP contribution in [0.4, 0.5) is 0 Å². The van der Waals surface area contributed by atoms with Crippen molar-refractivity contribution in [3.8, 4) is 0 Å². The van der Waals surface area contributed by atoms with Crippen molar-refractivity contribution in [3.63, 3.8) is 0 Å². The van der Waals surface area contributed by atoms with Gasteiger partial charge in [0, 0.05) is 0 Å². The molecule has 0 nitrogen and oxygen atoms in total.